The van der Waals surface area contributed by atoms with Crippen LogP contribution < -0.4 is 10.1 Å². The molecule has 4 aliphatic heterocycles. The molecule has 2 aromatic heterocycles. The highest BCUT2D eigenvalue weighted by molar-refractivity contribution is 6.39. The fourth-order valence-corrected chi connectivity index (χ4v) is 15.1. The van der Waals surface area contributed by atoms with E-state index < -0.39 is 90.0 Å². The number of nitrogens with zero attached hydrogens (tertiary/aromatic N) is 5. The molecule has 2 amide bonds. The molecule has 23 heteroatoms. The topological polar surface area (TPSA) is 262 Å². The monoisotopic (exact) mass is 1370 g/mol. The van der Waals surface area contributed by atoms with Gasteiger partial charge in [-0.3, -0.25) is 24.1 Å². The molecular formula is C75H96ClFN6O15. The van der Waals surface area contributed by atoms with Gasteiger partial charge in [0.2, 0.25) is 11.7 Å². The van der Waals surface area contributed by atoms with Gasteiger partial charge in [0.15, 0.2) is 0 Å². The van der Waals surface area contributed by atoms with Crippen LogP contribution in [0, 0.1) is 35.4 Å². The van der Waals surface area contributed by atoms with Gasteiger partial charge in [0.1, 0.15) is 65.9 Å². The normalized spacial score (nSPS) is 29.9. The third-order valence-corrected chi connectivity index (χ3v) is 20.8. The molecule has 6 heterocycles. The Labute approximate surface area is 578 Å². The van der Waals surface area contributed by atoms with Gasteiger partial charge in [0.05, 0.1) is 47.6 Å². The van der Waals surface area contributed by atoms with Crippen molar-refractivity contribution in [2.75, 3.05) is 59.4 Å². The number of benzene rings is 3. The lowest BCUT2D eigenvalue weighted by atomic mass is 9.81. The number of hydrogen-bond donors (Lipinski definition) is 4. The number of methoxy groups -OCH3 is 3. The number of allylic oxidation sites excluding steroid dienone is 3. The fraction of sp³-hybridized carbons (Fsp3) is 0.560. The number of ketones is 2. The van der Waals surface area contributed by atoms with Crippen molar-refractivity contribution < 1.29 is 76.5 Å². The number of carbonyl (C=O) groups excluding carboxylic acids is 5. The van der Waals surface area contributed by atoms with Gasteiger partial charge in [0, 0.05) is 101 Å². The van der Waals surface area contributed by atoms with E-state index in [-0.39, 0.29) is 68.2 Å². The van der Waals surface area contributed by atoms with Crippen LogP contribution in [-0.4, -0.2) is 178 Å². The van der Waals surface area contributed by atoms with Gasteiger partial charge in [-0.1, -0.05) is 62.2 Å². The van der Waals surface area contributed by atoms with Crippen LogP contribution in [0.25, 0.3) is 22.2 Å². The molecule has 1 aliphatic carbocycles. The predicted molar refractivity (Wildman–Crippen MR) is 366 cm³/mol. The summed E-state index contributed by atoms with van der Waals surface area (Å²) in [7, 11) is 4.59. The Morgan fingerprint density at radius 1 is 0.847 bits per heavy atom. The van der Waals surface area contributed by atoms with Crippen LogP contribution in [0.1, 0.15) is 129 Å². The number of ether oxygens (including phenoxy) is 6. The van der Waals surface area contributed by atoms with E-state index in [0.717, 1.165) is 27.8 Å². The highest BCUT2D eigenvalue weighted by atomic mass is 35.5. The third-order valence-electron chi connectivity index (χ3n) is 20.5. The molecule has 4 N–H and O–H groups in total. The molecule has 0 unspecified atom stereocenters. The summed E-state index contributed by atoms with van der Waals surface area (Å²) < 4.78 is 56.4. The maximum atomic E-state index is 14.9. The molecule has 3 aromatic carbocycles. The van der Waals surface area contributed by atoms with Crippen molar-refractivity contribution in [3.05, 3.63) is 125 Å². The lowest BCUT2D eigenvalue weighted by Crippen LogP contribution is -2.64. The number of hydrogen-bond acceptors (Lipinski definition) is 19. The van der Waals surface area contributed by atoms with E-state index in [1.807, 2.05) is 67.3 Å². The van der Waals surface area contributed by atoms with Crippen molar-refractivity contribution in [3.63, 3.8) is 0 Å². The molecule has 5 aliphatic rings. The highest BCUT2D eigenvalue weighted by Crippen LogP contribution is 2.41. The number of furan rings is 1. The van der Waals surface area contributed by atoms with Gasteiger partial charge >= 0.3 is 5.97 Å². The first-order valence-electron chi connectivity index (χ1n) is 34.6. The van der Waals surface area contributed by atoms with E-state index in [1.165, 1.54) is 37.6 Å². The number of piperazine rings is 1. The summed E-state index contributed by atoms with van der Waals surface area (Å²) in [5, 5.41) is 39.7. The number of aliphatic hydroxyl groups is 3. The SMILES string of the molecule is CO[C@H]1C[C@@H](C)C/C(C)=C/[C@@H](CCCC(=O)N2CCN(Cc3ccc(-c4ccc5ncnc(Nc6ccc(OCc7cccc(F)c7)c(Cl)c6)c5c4)o3)CC2)C(=O)C[C@H](O)[C@@H](C)[C@@H](/C(C)=C/[C@@H]2CC[C@@H](O)[C@H](OC)C2)OC(=O)[C@@H]2CCCCN2C(=O)C(=O)[C@]2(O)O[C@H]1[C@@H](OC)C[C@H]2C. The van der Waals surface area contributed by atoms with E-state index in [9.17, 15) is 43.7 Å². The number of Topliss-reactive ketones (excluding diaryl/α,β-unsaturated/α-hetero) is 2. The first kappa shape index (κ1) is 73.7. The Kier molecular flexibility index (Phi) is 25.2. The highest BCUT2D eigenvalue weighted by Gasteiger charge is 2.57. The van der Waals surface area contributed by atoms with E-state index in [2.05, 4.69) is 20.2 Å². The zero-order valence-electron chi connectivity index (χ0n) is 57.5. The first-order chi connectivity index (χ1) is 47.0. The smallest absolute Gasteiger partial charge is 0.329 e. The molecule has 4 fully saturated rings. The van der Waals surface area contributed by atoms with Crippen LogP contribution >= 0.6 is 11.6 Å². The van der Waals surface area contributed by atoms with E-state index in [1.54, 1.807) is 52.1 Å². The number of carbonyl (C=O) groups is 5. The van der Waals surface area contributed by atoms with Gasteiger partial charge in [-0.2, -0.15) is 0 Å². The summed E-state index contributed by atoms with van der Waals surface area (Å²) in [5.41, 5.74) is 4.41. The third kappa shape index (κ3) is 17.9. The lowest BCUT2D eigenvalue weighted by molar-refractivity contribution is -0.302. The number of nitrogens with one attached hydrogen (secondary N) is 1. The number of aliphatic hydroxyl groups excluding tert-OH is 2. The van der Waals surface area contributed by atoms with Crippen molar-refractivity contribution in [3.8, 4) is 17.1 Å². The Morgan fingerprint density at radius 3 is 2.36 bits per heavy atom. The zero-order valence-corrected chi connectivity index (χ0v) is 58.3. The summed E-state index contributed by atoms with van der Waals surface area (Å²) in [6, 6.07) is 20.0. The van der Waals surface area contributed by atoms with Crippen LogP contribution in [-0.2, 0) is 60.8 Å². The standard InChI is InChI=1S/C75H96ClFN6O15/c1-44-31-45(2)33-66(93-7)70-67(94-8)35-47(4)75(91,98-70)71(88)73(89)83-26-10-9-16-59(83)74(90)97-69(46(3)34-49-18-23-60(84)65(37-49)92-6)48(5)61(85)40-62(86)51(32-44)14-12-17-68(87)82-29-27-81(28-30-82)41-55-21-25-63(96-55)52-19-22-58-56(38-52)72(79-43-78-58)80-54-20-24-64(57(76)39-54)95-42-50-13-11-15-53(77)36-50/h11,13,15,19-22,24-25,32,34,36,38-39,43,45,47-49,51,59-61,65-67,69-70,84-85,91H,9-10,12,14,16-18,23,26-31,33,35,37,40-42H2,1-8H3,(H,78,79,80)/b44-32+,46-34+/t45-,47+,48+,49-,51+,59-,60+,61-,65+,66-,67-,69+,70+,75+/m0/s1. The summed E-state index contributed by atoms with van der Waals surface area (Å²) >= 11 is 6.63. The number of aromatic nitrogens is 2. The van der Waals surface area contributed by atoms with Crippen molar-refractivity contribution in [1.29, 1.82) is 0 Å². The van der Waals surface area contributed by atoms with E-state index in [0.29, 0.717) is 130 Å². The van der Waals surface area contributed by atoms with Crippen LogP contribution in [0.5, 0.6) is 5.75 Å². The molecule has 0 radical (unpaired) electrons. The van der Waals surface area contributed by atoms with Gasteiger partial charge < -0.3 is 63.3 Å². The minimum atomic E-state index is -2.58. The van der Waals surface area contributed by atoms with Crippen molar-refractivity contribution in [2.45, 2.75) is 186 Å². The molecule has 5 aromatic rings. The minimum Gasteiger partial charge on any atom is -0.487 e. The summed E-state index contributed by atoms with van der Waals surface area (Å²) in [5.74, 6) is -6.39. The number of halogens is 2. The van der Waals surface area contributed by atoms with Gasteiger partial charge in [0.25, 0.3) is 11.7 Å². The van der Waals surface area contributed by atoms with Crippen LogP contribution in [0.4, 0.5) is 15.9 Å². The zero-order chi connectivity index (χ0) is 69.9. The Bertz CT molecular complexity index is 3670. The summed E-state index contributed by atoms with van der Waals surface area (Å²) in [6.07, 6.45) is 4.18. The molecule has 10 rings (SSSR count). The minimum absolute atomic E-state index is 0.0219. The van der Waals surface area contributed by atoms with Gasteiger partial charge in [-0.25, -0.2) is 19.2 Å². The Hall–Kier alpha value is -6.99. The van der Waals surface area contributed by atoms with Crippen LogP contribution in [0.2, 0.25) is 5.02 Å². The first-order valence-corrected chi connectivity index (χ1v) is 35.0. The maximum absolute atomic E-state index is 14.9. The van der Waals surface area contributed by atoms with Crippen molar-refractivity contribution >= 4 is 63.4 Å². The average Bonchev–Trinajstić information content (AvgIpc) is 0.934. The van der Waals surface area contributed by atoms with E-state index >= 15 is 0 Å². The van der Waals surface area contributed by atoms with Gasteiger partial charge in [-0.15, -0.1) is 0 Å². The van der Waals surface area contributed by atoms with Crippen LogP contribution in [0.3, 0.4) is 0 Å². The second-order valence-corrected chi connectivity index (χ2v) is 28.1. The Balaban J connectivity index is 0.801. The average molecular weight is 1380 g/mol. The number of cyclic esters (lactones) is 1. The molecular weight excluding hydrogens is 1280 g/mol. The second kappa shape index (κ2) is 33.5. The molecule has 0 spiro atoms. The van der Waals surface area contributed by atoms with E-state index in [4.69, 9.17) is 44.4 Å². The largest absolute Gasteiger partial charge is 0.487 e. The van der Waals surface area contributed by atoms with Gasteiger partial charge in [-0.05, 0) is 168 Å². The quantitative estimate of drug-likeness (QED) is 0.0383. The number of anilines is 2. The number of amides is 2. The maximum Gasteiger partial charge on any atom is 0.329 e. The summed E-state index contributed by atoms with van der Waals surface area (Å²) in [6.45, 7) is 12.1. The fourth-order valence-electron chi connectivity index (χ4n) is 14.8. The van der Waals surface area contributed by atoms with Crippen molar-refractivity contribution in [2.24, 2.45) is 29.6 Å². The molecule has 1 saturated carbocycles. The number of esters is 1. The molecule has 14 atom stereocenters. The number of fused-ring (bicyclic) bond motifs is 4. The lowest BCUT2D eigenvalue weighted by Gasteiger charge is -2.47. The second-order valence-electron chi connectivity index (χ2n) is 27.7. The van der Waals surface area contributed by atoms with Crippen LogP contribution in [0.15, 0.2) is 107 Å². The molecule has 21 nitrogen and oxygen atoms in total. The molecule has 98 heavy (non-hydrogen) atoms. The molecule has 2 bridgehead atoms. The molecule has 530 valence electrons. The Morgan fingerprint density at radius 2 is 1.61 bits per heavy atom. The molecule has 3 saturated heterocycles. The predicted octanol–water partition coefficient (Wildman–Crippen LogP) is 10.9. The number of rotatable bonds is 17. The van der Waals surface area contributed by atoms with Crippen molar-refractivity contribution in [1.82, 2.24) is 24.7 Å². The summed E-state index contributed by atoms with van der Waals surface area (Å²) in [4.78, 5) is 87.0. The number of piperidine rings is 1.